The molecule has 2 amide bonds. The molecule has 0 unspecified atom stereocenters. The van der Waals surface area contributed by atoms with E-state index in [1.54, 1.807) is 37.7 Å². The number of nitrogens with two attached hydrogens (primary N) is 1. The Bertz CT molecular complexity index is 1170. The second-order valence-electron chi connectivity index (χ2n) is 6.97. The van der Waals surface area contributed by atoms with E-state index in [4.69, 9.17) is 10.5 Å². The number of unbranched alkanes of at least 4 members (excludes halogenated alkanes) is 1. The van der Waals surface area contributed by atoms with E-state index in [0.29, 0.717) is 12.4 Å². The summed E-state index contributed by atoms with van der Waals surface area (Å²) in [6, 6.07) is 14.9. The SMILES string of the molecule is COc1ccc(NC(=O)NCCCCn2cnc3c(N)nc4ccccc4c32)cc1. The molecule has 4 N–H and O–H groups in total. The number of imidazole rings is 1. The molecule has 0 radical (unpaired) electrons. The largest absolute Gasteiger partial charge is 0.497 e. The van der Waals surface area contributed by atoms with Crippen LogP contribution in [-0.4, -0.2) is 34.2 Å². The number of ether oxygens (including phenoxy) is 1. The van der Waals surface area contributed by atoms with E-state index in [0.717, 1.165) is 52.8 Å². The number of carbonyl (C=O) groups is 1. The van der Waals surface area contributed by atoms with Crippen molar-refractivity contribution < 1.29 is 9.53 Å². The van der Waals surface area contributed by atoms with Crippen molar-refractivity contribution in [3.63, 3.8) is 0 Å². The van der Waals surface area contributed by atoms with Gasteiger partial charge in [-0.15, -0.1) is 0 Å². The molecular formula is C22H24N6O2. The highest BCUT2D eigenvalue weighted by Crippen LogP contribution is 2.27. The zero-order valence-electron chi connectivity index (χ0n) is 16.8. The van der Waals surface area contributed by atoms with Crippen molar-refractivity contribution in [2.45, 2.75) is 19.4 Å². The number of aromatic nitrogens is 3. The molecule has 2 heterocycles. The molecule has 4 rings (SSSR count). The molecule has 0 aliphatic carbocycles. The number of nitrogen functional groups attached to an aromatic ring is 1. The van der Waals surface area contributed by atoms with Gasteiger partial charge in [0.25, 0.3) is 0 Å². The van der Waals surface area contributed by atoms with Gasteiger partial charge in [0.1, 0.15) is 11.3 Å². The number of methoxy groups -OCH3 is 1. The number of nitrogens with one attached hydrogen (secondary N) is 2. The maximum atomic E-state index is 12.0. The first kappa shape index (κ1) is 19.5. The first-order valence-corrected chi connectivity index (χ1v) is 9.83. The summed E-state index contributed by atoms with van der Waals surface area (Å²) < 4.78 is 7.21. The lowest BCUT2D eigenvalue weighted by molar-refractivity contribution is 0.252. The monoisotopic (exact) mass is 404 g/mol. The van der Waals surface area contributed by atoms with Gasteiger partial charge in [0.15, 0.2) is 5.82 Å². The minimum atomic E-state index is -0.224. The van der Waals surface area contributed by atoms with E-state index < -0.39 is 0 Å². The van der Waals surface area contributed by atoms with Crippen LogP contribution in [0.3, 0.4) is 0 Å². The van der Waals surface area contributed by atoms with Crippen molar-refractivity contribution in [3.05, 3.63) is 54.9 Å². The number of rotatable bonds is 7. The maximum Gasteiger partial charge on any atom is 0.319 e. The first-order valence-electron chi connectivity index (χ1n) is 9.83. The Balaban J connectivity index is 1.30. The molecule has 4 aromatic rings. The Kier molecular flexibility index (Phi) is 5.65. The fourth-order valence-corrected chi connectivity index (χ4v) is 3.43. The van der Waals surface area contributed by atoms with Gasteiger partial charge in [0.2, 0.25) is 0 Å². The number of amides is 2. The van der Waals surface area contributed by atoms with E-state index in [1.165, 1.54) is 0 Å². The summed E-state index contributed by atoms with van der Waals surface area (Å²) in [4.78, 5) is 20.9. The summed E-state index contributed by atoms with van der Waals surface area (Å²) in [5.74, 6) is 1.19. The molecule has 0 fully saturated rings. The van der Waals surface area contributed by atoms with Gasteiger partial charge in [-0.1, -0.05) is 18.2 Å². The summed E-state index contributed by atoms with van der Waals surface area (Å²) in [5.41, 5.74) is 9.39. The number of anilines is 2. The molecule has 154 valence electrons. The van der Waals surface area contributed by atoms with Gasteiger partial charge in [-0.25, -0.2) is 14.8 Å². The highest BCUT2D eigenvalue weighted by molar-refractivity contribution is 6.06. The van der Waals surface area contributed by atoms with E-state index in [-0.39, 0.29) is 6.03 Å². The van der Waals surface area contributed by atoms with Gasteiger partial charge < -0.3 is 25.7 Å². The van der Waals surface area contributed by atoms with Crippen molar-refractivity contribution in [3.8, 4) is 5.75 Å². The van der Waals surface area contributed by atoms with Crippen LogP contribution in [-0.2, 0) is 6.54 Å². The molecule has 0 aliphatic heterocycles. The van der Waals surface area contributed by atoms with Crippen molar-refractivity contribution in [2.24, 2.45) is 0 Å². The van der Waals surface area contributed by atoms with Gasteiger partial charge in [-0.05, 0) is 43.2 Å². The second kappa shape index (κ2) is 8.69. The fourth-order valence-electron chi connectivity index (χ4n) is 3.43. The van der Waals surface area contributed by atoms with Gasteiger partial charge in [-0.3, -0.25) is 0 Å². The predicted octanol–water partition coefficient (Wildman–Crippen LogP) is 3.78. The number of carbonyl (C=O) groups excluding carboxylic acids is 1. The first-order chi connectivity index (χ1) is 14.7. The predicted molar refractivity (Wildman–Crippen MR) is 119 cm³/mol. The van der Waals surface area contributed by atoms with Crippen LogP contribution in [0, 0.1) is 0 Å². The van der Waals surface area contributed by atoms with E-state index >= 15 is 0 Å². The van der Waals surface area contributed by atoms with Crippen LogP contribution < -0.4 is 21.1 Å². The van der Waals surface area contributed by atoms with Crippen molar-refractivity contribution in [1.29, 1.82) is 0 Å². The van der Waals surface area contributed by atoms with E-state index in [9.17, 15) is 4.79 Å². The van der Waals surface area contributed by atoms with Crippen molar-refractivity contribution >= 4 is 39.5 Å². The third-order valence-electron chi connectivity index (χ3n) is 4.94. The number of nitrogens with zero attached hydrogens (tertiary/aromatic N) is 3. The average molecular weight is 404 g/mol. The number of urea groups is 1. The standard InChI is InChI=1S/C22H24N6O2/c1-30-16-10-8-15(9-11-16)26-22(29)24-12-4-5-13-28-14-25-19-20(28)17-6-2-3-7-18(17)27-21(19)23/h2-3,6-11,14H,4-5,12-13H2,1H3,(H2,23,27)(H2,24,26,29). The molecule has 0 saturated carbocycles. The number of para-hydroxylation sites is 1. The number of benzene rings is 2. The van der Waals surface area contributed by atoms with Crippen molar-refractivity contribution in [2.75, 3.05) is 24.7 Å². The molecule has 8 nitrogen and oxygen atoms in total. The maximum absolute atomic E-state index is 12.0. The number of hydrogen-bond donors (Lipinski definition) is 3. The summed E-state index contributed by atoms with van der Waals surface area (Å²) in [7, 11) is 1.61. The van der Waals surface area contributed by atoms with Gasteiger partial charge >= 0.3 is 6.03 Å². The highest BCUT2D eigenvalue weighted by atomic mass is 16.5. The summed E-state index contributed by atoms with van der Waals surface area (Å²) in [6.45, 7) is 1.37. The number of fused-ring (bicyclic) bond motifs is 3. The molecule has 0 saturated heterocycles. The Morgan fingerprint density at radius 1 is 1.13 bits per heavy atom. The molecule has 30 heavy (non-hydrogen) atoms. The topological polar surface area (TPSA) is 107 Å². The van der Waals surface area contributed by atoms with Crippen LogP contribution in [0.25, 0.3) is 21.9 Å². The zero-order valence-corrected chi connectivity index (χ0v) is 16.8. The van der Waals surface area contributed by atoms with Gasteiger partial charge in [0, 0.05) is 24.2 Å². The van der Waals surface area contributed by atoms with Crippen LogP contribution in [0.4, 0.5) is 16.3 Å². The molecule has 2 aromatic heterocycles. The van der Waals surface area contributed by atoms with Crippen molar-refractivity contribution in [1.82, 2.24) is 19.9 Å². The molecule has 2 aromatic carbocycles. The molecule has 0 aliphatic rings. The summed E-state index contributed by atoms with van der Waals surface area (Å²) in [6.07, 6.45) is 3.54. The quantitative estimate of drug-likeness (QED) is 0.406. The molecule has 0 atom stereocenters. The minimum absolute atomic E-state index is 0.224. The van der Waals surface area contributed by atoms with Gasteiger partial charge in [-0.2, -0.15) is 0 Å². The molecule has 0 spiro atoms. The third-order valence-corrected chi connectivity index (χ3v) is 4.94. The number of hydrogen-bond acceptors (Lipinski definition) is 5. The smallest absolute Gasteiger partial charge is 0.319 e. The Morgan fingerprint density at radius 2 is 1.93 bits per heavy atom. The molecule has 8 heteroatoms. The van der Waals surface area contributed by atoms with Crippen LogP contribution in [0.1, 0.15) is 12.8 Å². The van der Waals surface area contributed by atoms with Gasteiger partial charge in [0.05, 0.1) is 24.5 Å². The average Bonchev–Trinajstić information content (AvgIpc) is 3.19. The Labute approximate surface area is 174 Å². The lowest BCUT2D eigenvalue weighted by Gasteiger charge is -2.09. The summed E-state index contributed by atoms with van der Waals surface area (Å²) in [5, 5.41) is 6.72. The Hall–Kier alpha value is -3.81. The fraction of sp³-hybridized carbons (Fsp3) is 0.227. The summed E-state index contributed by atoms with van der Waals surface area (Å²) >= 11 is 0. The van der Waals surface area contributed by atoms with Crippen LogP contribution >= 0.6 is 0 Å². The Morgan fingerprint density at radius 3 is 2.73 bits per heavy atom. The van der Waals surface area contributed by atoms with E-state index in [2.05, 4.69) is 25.2 Å². The number of aryl methyl sites for hydroxylation is 1. The lowest BCUT2D eigenvalue weighted by Crippen LogP contribution is -2.29. The normalized spacial score (nSPS) is 11.0. The zero-order chi connectivity index (χ0) is 20.9. The lowest BCUT2D eigenvalue weighted by atomic mass is 10.2. The third kappa shape index (κ3) is 4.12. The molecular weight excluding hydrogens is 380 g/mol. The highest BCUT2D eigenvalue weighted by Gasteiger charge is 2.11. The van der Waals surface area contributed by atoms with E-state index in [1.807, 2.05) is 24.3 Å². The van der Waals surface area contributed by atoms with Crippen LogP contribution in [0.15, 0.2) is 54.9 Å². The minimum Gasteiger partial charge on any atom is -0.497 e. The second-order valence-corrected chi connectivity index (χ2v) is 6.97. The number of pyridine rings is 1. The van der Waals surface area contributed by atoms with Crippen LogP contribution in [0.5, 0.6) is 5.75 Å². The molecule has 0 bridgehead atoms. The van der Waals surface area contributed by atoms with Crippen LogP contribution in [0.2, 0.25) is 0 Å².